The molecule has 2 amide bonds. The first-order valence-corrected chi connectivity index (χ1v) is 12.8. The first kappa shape index (κ1) is 26.9. The summed E-state index contributed by atoms with van der Waals surface area (Å²) in [5.74, 6) is -0.139. The molecule has 0 aliphatic heterocycles. The van der Waals surface area contributed by atoms with Crippen LogP contribution in [-0.4, -0.2) is 44.9 Å². The van der Waals surface area contributed by atoms with E-state index < -0.39 is 5.97 Å². The molecule has 0 spiro atoms. The number of hydrogen-bond donors (Lipinski definition) is 2. The van der Waals surface area contributed by atoms with E-state index in [4.69, 9.17) is 4.74 Å². The van der Waals surface area contributed by atoms with Gasteiger partial charge in [0.1, 0.15) is 0 Å². The lowest BCUT2D eigenvalue weighted by atomic mass is 10.1. The SMILES string of the molecule is CCCOC(=O)c1cccc(NC(=O)CSc2nnc([C@@H](C)NC(=O)c3cccc(C)c3)n2CC)c1. The molecule has 0 radical (unpaired) electrons. The number of nitrogens with one attached hydrogen (secondary N) is 2. The van der Waals surface area contributed by atoms with Crippen LogP contribution in [0, 0.1) is 6.92 Å². The molecular formula is C26H31N5O4S. The second-order valence-electron chi connectivity index (χ2n) is 8.20. The summed E-state index contributed by atoms with van der Waals surface area (Å²) in [5, 5.41) is 14.8. The molecule has 10 heteroatoms. The molecule has 0 aliphatic rings. The lowest BCUT2D eigenvalue weighted by Gasteiger charge is -2.15. The van der Waals surface area contributed by atoms with Gasteiger partial charge in [0.25, 0.3) is 5.91 Å². The first-order valence-electron chi connectivity index (χ1n) is 11.8. The average molecular weight is 510 g/mol. The molecular weight excluding hydrogens is 478 g/mol. The van der Waals surface area contributed by atoms with Crippen LogP contribution in [0.25, 0.3) is 0 Å². The first-order chi connectivity index (χ1) is 17.3. The van der Waals surface area contributed by atoms with E-state index in [1.54, 1.807) is 30.3 Å². The van der Waals surface area contributed by atoms with Crippen LogP contribution in [0.5, 0.6) is 0 Å². The smallest absolute Gasteiger partial charge is 0.338 e. The number of thioether (sulfide) groups is 1. The minimum atomic E-state index is -0.422. The molecule has 0 saturated carbocycles. The van der Waals surface area contributed by atoms with Gasteiger partial charge in [-0.3, -0.25) is 9.59 Å². The Hall–Kier alpha value is -3.66. The van der Waals surface area contributed by atoms with Gasteiger partial charge < -0.3 is 19.9 Å². The van der Waals surface area contributed by atoms with Crippen LogP contribution in [0.3, 0.4) is 0 Å². The summed E-state index contributed by atoms with van der Waals surface area (Å²) in [6, 6.07) is 13.6. The maximum absolute atomic E-state index is 12.6. The molecule has 190 valence electrons. The zero-order valence-corrected chi connectivity index (χ0v) is 21.7. The van der Waals surface area contributed by atoms with E-state index in [1.807, 2.05) is 50.5 Å². The van der Waals surface area contributed by atoms with Gasteiger partial charge in [-0.1, -0.05) is 42.4 Å². The van der Waals surface area contributed by atoms with Gasteiger partial charge in [0.05, 0.1) is 24.0 Å². The number of aromatic nitrogens is 3. The fourth-order valence-electron chi connectivity index (χ4n) is 3.48. The number of esters is 1. The summed E-state index contributed by atoms with van der Waals surface area (Å²) < 4.78 is 7.02. The Balaban J connectivity index is 1.59. The Morgan fingerprint density at radius 1 is 1.06 bits per heavy atom. The number of amides is 2. The van der Waals surface area contributed by atoms with Crippen LogP contribution in [-0.2, 0) is 16.1 Å². The van der Waals surface area contributed by atoms with Gasteiger partial charge in [0.15, 0.2) is 11.0 Å². The van der Waals surface area contributed by atoms with E-state index >= 15 is 0 Å². The van der Waals surface area contributed by atoms with Crippen molar-refractivity contribution in [3.8, 4) is 0 Å². The topological polar surface area (TPSA) is 115 Å². The number of carbonyl (C=O) groups is 3. The number of hydrogen-bond acceptors (Lipinski definition) is 7. The summed E-state index contributed by atoms with van der Waals surface area (Å²) in [6.45, 7) is 8.59. The van der Waals surface area contributed by atoms with Crippen molar-refractivity contribution in [2.45, 2.75) is 51.9 Å². The third kappa shape index (κ3) is 7.17. The summed E-state index contributed by atoms with van der Waals surface area (Å²) in [6.07, 6.45) is 0.737. The zero-order chi connectivity index (χ0) is 26.1. The number of carbonyl (C=O) groups excluding carboxylic acids is 3. The van der Waals surface area contributed by atoms with Gasteiger partial charge in [0.2, 0.25) is 5.91 Å². The van der Waals surface area contributed by atoms with Crippen LogP contribution < -0.4 is 10.6 Å². The van der Waals surface area contributed by atoms with E-state index in [9.17, 15) is 14.4 Å². The molecule has 3 aromatic rings. The molecule has 0 aliphatic carbocycles. The fraction of sp³-hybridized carbons (Fsp3) is 0.346. The molecule has 9 nitrogen and oxygen atoms in total. The molecule has 1 heterocycles. The summed E-state index contributed by atoms with van der Waals surface area (Å²) in [7, 11) is 0. The molecule has 2 N–H and O–H groups in total. The van der Waals surface area contributed by atoms with Gasteiger partial charge in [-0.25, -0.2) is 4.79 Å². The normalized spacial score (nSPS) is 11.6. The van der Waals surface area contributed by atoms with Crippen LogP contribution in [0.15, 0.2) is 53.7 Å². The second kappa shape index (κ2) is 12.9. The van der Waals surface area contributed by atoms with Crippen molar-refractivity contribution >= 4 is 35.2 Å². The minimum absolute atomic E-state index is 0.104. The zero-order valence-electron chi connectivity index (χ0n) is 20.9. The highest BCUT2D eigenvalue weighted by molar-refractivity contribution is 7.99. The van der Waals surface area contributed by atoms with Gasteiger partial charge in [0, 0.05) is 17.8 Å². The van der Waals surface area contributed by atoms with Crippen molar-refractivity contribution in [1.29, 1.82) is 0 Å². The molecule has 1 atom stereocenters. The minimum Gasteiger partial charge on any atom is -0.462 e. The van der Waals surface area contributed by atoms with E-state index in [0.717, 1.165) is 12.0 Å². The molecule has 0 saturated heterocycles. The highest BCUT2D eigenvalue weighted by Gasteiger charge is 2.20. The Morgan fingerprint density at radius 2 is 1.81 bits per heavy atom. The van der Waals surface area contributed by atoms with Crippen LogP contribution in [0.1, 0.15) is 65.3 Å². The van der Waals surface area contributed by atoms with Crippen LogP contribution in [0.4, 0.5) is 5.69 Å². The third-order valence-electron chi connectivity index (χ3n) is 5.23. The Morgan fingerprint density at radius 3 is 2.53 bits per heavy atom. The maximum atomic E-state index is 12.6. The number of ether oxygens (including phenoxy) is 1. The molecule has 36 heavy (non-hydrogen) atoms. The summed E-state index contributed by atoms with van der Waals surface area (Å²) in [5.41, 5.74) is 2.48. The average Bonchev–Trinajstić information content (AvgIpc) is 3.29. The lowest BCUT2D eigenvalue weighted by Crippen LogP contribution is -2.28. The number of nitrogens with zero attached hydrogens (tertiary/aromatic N) is 3. The number of anilines is 1. The highest BCUT2D eigenvalue weighted by atomic mass is 32.2. The predicted octanol–water partition coefficient (Wildman–Crippen LogP) is 4.40. The Kier molecular flexibility index (Phi) is 9.63. The monoisotopic (exact) mass is 509 g/mol. The van der Waals surface area contributed by atoms with Gasteiger partial charge >= 0.3 is 5.97 Å². The van der Waals surface area contributed by atoms with Crippen molar-refractivity contribution in [1.82, 2.24) is 20.1 Å². The summed E-state index contributed by atoms with van der Waals surface area (Å²) in [4.78, 5) is 37.2. The number of benzene rings is 2. The second-order valence-corrected chi connectivity index (χ2v) is 9.15. The van der Waals surface area contributed by atoms with Crippen molar-refractivity contribution in [3.05, 3.63) is 71.0 Å². The lowest BCUT2D eigenvalue weighted by molar-refractivity contribution is -0.113. The fourth-order valence-corrected chi connectivity index (χ4v) is 4.29. The summed E-state index contributed by atoms with van der Waals surface area (Å²) >= 11 is 1.25. The predicted molar refractivity (Wildman–Crippen MR) is 139 cm³/mol. The standard InChI is InChI=1S/C26H31N5O4S/c1-5-13-35-25(34)20-11-8-12-21(15-20)28-22(32)16-36-26-30-29-23(31(26)6-2)18(4)27-24(33)19-10-7-9-17(3)14-19/h7-12,14-15,18H,5-6,13,16H2,1-4H3,(H,27,33)(H,28,32)/t18-/m1/s1. The van der Waals surface area contributed by atoms with Gasteiger partial charge in [-0.05, 0) is 57.5 Å². The molecule has 1 aromatic heterocycles. The third-order valence-corrected chi connectivity index (χ3v) is 6.20. The molecule has 2 aromatic carbocycles. The Bertz CT molecular complexity index is 1230. The van der Waals surface area contributed by atoms with Gasteiger partial charge in [-0.15, -0.1) is 10.2 Å². The largest absolute Gasteiger partial charge is 0.462 e. The Labute approximate surface area is 215 Å². The van der Waals surface area contributed by atoms with E-state index in [0.29, 0.717) is 40.9 Å². The molecule has 3 rings (SSSR count). The van der Waals surface area contributed by atoms with Crippen LogP contribution >= 0.6 is 11.8 Å². The van der Waals surface area contributed by atoms with Gasteiger partial charge in [-0.2, -0.15) is 0 Å². The number of aryl methyl sites for hydroxylation is 1. The molecule has 0 bridgehead atoms. The molecule has 0 unspecified atom stereocenters. The van der Waals surface area contributed by atoms with Crippen molar-refractivity contribution in [3.63, 3.8) is 0 Å². The van der Waals surface area contributed by atoms with Crippen LogP contribution in [0.2, 0.25) is 0 Å². The van der Waals surface area contributed by atoms with E-state index in [2.05, 4.69) is 20.8 Å². The van der Waals surface area contributed by atoms with Crippen molar-refractivity contribution in [2.75, 3.05) is 17.7 Å². The molecule has 0 fully saturated rings. The van der Waals surface area contributed by atoms with Crippen molar-refractivity contribution < 1.29 is 19.1 Å². The quantitative estimate of drug-likeness (QED) is 0.291. The highest BCUT2D eigenvalue weighted by Crippen LogP contribution is 2.21. The maximum Gasteiger partial charge on any atom is 0.338 e. The van der Waals surface area contributed by atoms with E-state index in [1.165, 1.54) is 11.8 Å². The number of rotatable bonds is 11. The van der Waals surface area contributed by atoms with Crippen molar-refractivity contribution in [2.24, 2.45) is 0 Å². The van der Waals surface area contributed by atoms with E-state index in [-0.39, 0.29) is 23.6 Å².